The van der Waals surface area contributed by atoms with Crippen molar-refractivity contribution in [1.29, 1.82) is 0 Å². The molecule has 0 radical (unpaired) electrons. The van der Waals surface area contributed by atoms with Crippen LogP contribution in [-0.2, 0) is 11.2 Å². The highest BCUT2D eigenvalue weighted by molar-refractivity contribution is 9.10. The van der Waals surface area contributed by atoms with E-state index in [2.05, 4.69) is 15.9 Å². The summed E-state index contributed by atoms with van der Waals surface area (Å²) in [7, 11) is 0. The molecule has 1 aromatic carbocycles. The number of benzene rings is 1. The maximum Gasteiger partial charge on any atom is 0.374 e. The van der Waals surface area contributed by atoms with Crippen LogP contribution in [0.3, 0.4) is 0 Å². The number of rotatable bonds is 3. The average molecular weight is 283 g/mol. The normalized spacial score (nSPS) is 11.5. The molecule has 6 heteroatoms. The Labute approximate surface area is 91.8 Å². The molecule has 0 saturated heterocycles. The van der Waals surface area contributed by atoms with Gasteiger partial charge in [-0.25, -0.2) is 9.18 Å². The molecule has 82 valence electrons. The molecule has 0 spiro atoms. The lowest BCUT2D eigenvalue weighted by atomic mass is 10.1. The third-order valence-corrected chi connectivity index (χ3v) is 2.48. The Morgan fingerprint density at radius 2 is 2.07 bits per heavy atom. The summed E-state index contributed by atoms with van der Waals surface area (Å²) in [4.78, 5) is 10.2. The number of carboxylic acid groups (broad SMARTS) is 1. The van der Waals surface area contributed by atoms with Gasteiger partial charge in [-0.1, -0.05) is 22.0 Å². The molecule has 15 heavy (non-hydrogen) atoms. The minimum Gasteiger partial charge on any atom is -0.477 e. The second kappa shape index (κ2) is 4.22. The van der Waals surface area contributed by atoms with Crippen molar-refractivity contribution in [2.24, 2.45) is 0 Å². The Hall–Kier alpha value is -1.04. The van der Waals surface area contributed by atoms with Gasteiger partial charge in [-0.2, -0.15) is 8.78 Å². The van der Waals surface area contributed by atoms with Crippen LogP contribution in [0.1, 0.15) is 5.56 Å². The molecule has 2 nitrogen and oxygen atoms in total. The Morgan fingerprint density at radius 1 is 1.47 bits per heavy atom. The van der Waals surface area contributed by atoms with Crippen LogP contribution in [0.2, 0.25) is 0 Å². The SMILES string of the molecule is O=C(O)C(F)(F)Cc1ccc(F)cc1Br. The number of aliphatic carboxylic acids is 1. The molecule has 0 bridgehead atoms. The highest BCUT2D eigenvalue weighted by Gasteiger charge is 2.39. The summed E-state index contributed by atoms with van der Waals surface area (Å²) in [6.07, 6.45) is -0.969. The van der Waals surface area contributed by atoms with E-state index in [-0.39, 0.29) is 10.0 Å². The third-order valence-electron chi connectivity index (χ3n) is 1.74. The minimum atomic E-state index is -3.85. The van der Waals surface area contributed by atoms with Crippen LogP contribution < -0.4 is 0 Å². The van der Waals surface area contributed by atoms with Gasteiger partial charge in [-0.15, -0.1) is 0 Å². The van der Waals surface area contributed by atoms with Crippen LogP contribution in [0.4, 0.5) is 13.2 Å². The second-order valence-corrected chi connectivity index (χ2v) is 3.78. The largest absolute Gasteiger partial charge is 0.477 e. The number of halogens is 4. The molecular formula is C9H6BrF3O2. The summed E-state index contributed by atoms with van der Waals surface area (Å²) in [6.45, 7) is 0. The summed E-state index contributed by atoms with van der Waals surface area (Å²) in [5, 5.41) is 8.21. The Bertz CT molecular complexity index is 393. The molecule has 1 rings (SSSR count). The molecule has 0 atom stereocenters. The zero-order valence-corrected chi connectivity index (χ0v) is 8.89. The monoisotopic (exact) mass is 282 g/mol. The molecule has 0 aliphatic carbocycles. The van der Waals surface area contributed by atoms with Gasteiger partial charge in [0, 0.05) is 10.9 Å². The first-order valence-electron chi connectivity index (χ1n) is 3.88. The van der Waals surface area contributed by atoms with E-state index in [9.17, 15) is 18.0 Å². The van der Waals surface area contributed by atoms with Gasteiger partial charge in [0.15, 0.2) is 0 Å². The van der Waals surface area contributed by atoms with Crippen molar-refractivity contribution in [3.63, 3.8) is 0 Å². The van der Waals surface area contributed by atoms with E-state index >= 15 is 0 Å². The number of alkyl halides is 2. The summed E-state index contributed by atoms with van der Waals surface area (Å²) in [5.41, 5.74) is 0.0452. The lowest BCUT2D eigenvalue weighted by molar-refractivity contribution is -0.164. The van der Waals surface area contributed by atoms with Crippen LogP contribution in [-0.4, -0.2) is 17.0 Å². The maximum atomic E-state index is 12.8. The number of carbonyl (C=O) groups is 1. The molecule has 0 saturated carbocycles. The van der Waals surface area contributed by atoms with Crippen LogP contribution >= 0.6 is 15.9 Å². The number of hydrogen-bond acceptors (Lipinski definition) is 1. The van der Waals surface area contributed by atoms with E-state index in [1.54, 1.807) is 0 Å². The Morgan fingerprint density at radius 3 is 2.53 bits per heavy atom. The first-order valence-corrected chi connectivity index (χ1v) is 4.67. The van der Waals surface area contributed by atoms with Crippen molar-refractivity contribution in [2.75, 3.05) is 0 Å². The van der Waals surface area contributed by atoms with Crippen LogP contribution in [0.5, 0.6) is 0 Å². The van der Waals surface area contributed by atoms with Crippen molar-refractivity contribution < 1.29 is 23.1 Å². The quantitative estimate of drug-likeness (QED) is 0.926. The average Bonchev–Trinajstić information content (AvgIpc) is 2.09. The van der Waals surface area contributed by atoms with Crippen molar-refractivity contribution >= 4 is 21.9 Å². The second-order valence-electron chi connectivity index (χ2n) is 2.92. The molecule has 0 aliphatic rings. The fraction of sp³-hybridized carbons (Fsp3) is 0.222. The van der Waals surface area contributed by atoms with Crippen molar-refractivity contribution in [3.8, 4) is 0 Å². The molecule has 0 aromatic heterocycles. The van der Waals surface area contributed by atoms with Gasteiger partial charge in [-0.05, 0) is 17.7 Å². The van der Waals surface area contributed by atoms with Gasteiger partial charge in [0.05, 0.1) is 0 Å². The third kappa shape index (κ3) is 2.95. The van der Waals surface area contributed by atoms with Gasteiger partial charge in [0.2, 0.25) is 0 Å². The van der Waals surface area contributed by atoms with Crippen LogP contribution in [0.15, 0.2) is 22.7 Å². The fourth-order valence-electron chi connectivity index (χ4n) is 0.980. The van der Waals surface area contributed by atoms with Crippen molar-refractivity contribution in [2.45, 2.75) is 12.3 Å². The number of carboxylic acids is 1. The zero-order valence-electron chi connectivity index (χ0n) is 7.31. The lowest BCUT2D eigenvalue weighted by Crippen LogP contribution is -2.30. The molecule has 0 heterocycles. The molecule has 0 aliphatic heterocycles. The van der Waals surface area contributed by atoms with E-state index in [1.807, 2.05) is 0 Å². The molecular weight excluding hydrogens is 277 g/mol. The Kier molecular flexibility index (Phi) is 3.38. The van der Waals surface area contributed by atoms with E-state index in [0.717, 1.165) is 18.2 Å². The summed E-state index contributed by atoms with van der Waals surface area (Å²) < 4.78 is 38.3. The van der Waals surface area contributed by atoms with Crippen LogP contribution in [0, 0.1) is 5.82 Å². The maximum absolute atomic E-state index is 12.8. The van der Waals surface area contributed by atoms with E-state index in [1.165, 1.54) is 0 Å². The van der Waals surface area contributed by atoms with Crippen molar-refractivity contribution in [1.82, 2.24) is 0 Å². The van der Waals surface area contributed by atoms with E-state index in [4.69, 9.17) is 5.11 Å². The highest BCUT2D eigenvalue weighted by atomic mass is 79.9. The van der Waals surface area contributed by atoms with Gasteiger partial charge in [0.25, 0.3) is 0 Å². The molecule has 0 unspecified atom stereocenters. The van der Waals surface area contributed by atoms with Crippen molar-refractivity contribution in [3.05, 3.63) is 34.1 Å². The van der Waals surface area contributed by atoms with Crippen LogP contribution in [0.25, 0.3) is 0 Å². The highest BCUT2D eigenvalue weighted by Crippen LogP contribution is 2.26. The predicted octanol–water partition coefficient (Wildman–Crippen LogP) is 2.85. The topological polar surface area (TPSA) is 37.3 Å². The van der Waals surface area contributed by atoms with Gasteiger partial charge >= 0.3 is 11.9 Å². The fourth-order valence-corrected chi connectivity index (χ4v) is 1.47. The first-order chi connectivity index (χ1) is 6.83. The molecule has 0 fully saturated rings. The predicted molar refractivity (Wildman–Crippen MR) is 50.4 cm³/mol. The number of hydrogen-bond donors (Lipinski definition) is 1. The van der Waals surface area contributed by atoms with E-state index < -0.39 is 24.1 Å². The molecule has 1 N–H and O–H groups in total. The summed E-state index contributed by atoms with van der Waals surface area (Å²) >= 11 is 2.88. The lowest BCUT2D eigenvalue weighted by Gasteiger charge is -2.12. The standard InChI is InChI=1S/C9H6BrF3O2/c10-7-3-6(11)2-1-5(7)4-9(12,13)8(14)15/h1-3H,4H2,(H,14,15). The first kappa shape index (κ1) is 12.0. The van der Waals surface area contributed by atoms with E-state index in [0.29, 0.717) is 0 Å². The van der Waals surface area contributed by atoms with Gasteiger partial charge < -0.3 is 5.11 Å². The van der Waals surface area contributed by atoms with Gasteiger partial charge in [-0.3, -0.25) is 0 Å². The Balaban J connectivity index is 2.95. The smallest absolute Gasteiger partial charge is 0.374 e. The summed E-state index contributed by atoms with van der Waals surface area (Å²) in [5.74, 6) is -6.62. The molecule has 0 amide bonds. The van der Waals surface area contributed by atoms with Gasteiger partial charge in [0.1, 0.15) is 5.82 Å². The minimum absolute atomic E-state index is 0.0452. The zero-order chi connectivity index (χ0) is 11.6. The molecule has 1 aromatic rings. The summed E-state index contributed by atoms with van der Waals surface area (Å²) in [6, 6.07) is 3.13.